The predicted molar refractivity (Wildman–Crippen MR) is 382 cm³/mol. The number of nitrogens with zero attached hydrogens (tertiary/aromatic N) is 2. The highest BCUT2D eigenvalue weighted by molar-refractivity contribution is 5.70. The fraction of sp³-hybridized carbons (Fsp3) is 0.949. The van der Waals surface area contributed by atoms with Crippen LogP contribution in [0.25, 0.3) is 0 Å². The quantitative estimate of drug-likeness (QED) is 0.0356. The smallest absolute Gasteiger partial charge is 0.307 e. The standard InChI is InChI=1S/C40H80N2O4.C38H75NO4/c1-4-6-8-10-12-14-16-18-20-22-24-26-28-37-45-39(43)31-34-41-33-30-35-42(3)36-32-40(44)46-38-29-27-25-23-21-19-17-15-13-11-9-7-5-2;1-4-6-8-10-12-14-16-18-20-22-24-29-35-42-37(40)31-27-26-28-33-39(3)34-32-38(41)43-36-30-25-23-21-19-17-15-13-11-9-7-5-2/h41H,4-38H2,1-3H3;4-36H2,1-3H3. The van der Waals surface area contributed by atoms with E-state index in [0.29, 0.717) is 58.7 Å². The number of carbonyl (C=O) groups excluding carboxylic acids is 4. The molecular weight excluding hydrogens is 1110 g/mol. The predicted octanol–water partition coefficient (Wildman–Crippen LogP) is 22.3. The first kappa shape index (κ1) is 88.8. The van der Waals surface area contributed by atoms with Crippen LogP contribution in [-0.4, -0.2) is 113 Å². The van der Waals surface area contributed by atoms with Crippen molar-refractivity contribution in [3.8, 4) is 0 Å². The largest absolute Gasteiger partial charge is 0.466 e. The minimum atomic E-state index is -0.0964. The Labute approximate surface area is 554 Å². The van der Waals surface area contributed by atoms with Crippen molar-refractivity contribution < 1.29 is 38.1 Å². The van der Waals surface area contributed by atoms with Crippen LogP contribution in [0.1, 0.15) is 400 Å². The fourth-order valence-corrected chi connectivity index (χ4v) is 11.6. The molecular formula is C78H155N3O8. The Kier molecular flexibility index (Phi) is 78.0. The van der Waals surface area contributed by atoms with Gasteiger partial charge >= 0.3 is 23.9 Å². The SMILES string of the molecule is CCCCCCCCCCCCCCCOC(=O)CCNCCCN(C)CCC(=O)OCCCCCCCCCCCCCCC.CCCCCCCCCCCCCCOC(=O)CCCCCN(C)CCC(=O)OCCCCCCCCCCCCCC. The summed E-state index contributed by atoms with van der Waals surface area (Å²) in [4.78, 5) is 52.4. The molecule has 0 rings (SSSR count). The molecule has 0 atom stereocenters. The van der Waals surface area contributed by atoms with E-state index in [2.05, 4.69) is 49.9 Å². The number of hydrogen-bond donors (Lipinski definition) is 1. The highest BCUT2D eigenvalue weighted by atomic mass is 16.5. The molecule has 0 unspecified atom stereocenters. The van der Waals surface area contributed by atoms with Crippen molar-refractivity contribution in [2.45, 2.75) is 400 Å². The van der Waals surface area contributed by atoms with Crippen molar-refractivity contribution in [3.05, 3.63) is 0 Å². The Morgan fingerprint density at radius 1 is 0.225 bits per heavy atom. The Hall–Kier alpha value is -2.24. The molecule has 1 N–H and O–H groups in total. The van der Waals surface area contributed by atoms with E-state index in [1.54, 1.807) is 0 Å². The summed E-state index contributed by atoms with van der Waals surface area (Å²) < 4.78 is 21.7. The second kappa shape index (κ2) is 78.2. The molecule has 0 radical (unpaired) electrons. The average Bonchev–Trinajstić information content (AvgIpc) is 3.54. The molecule has 0 aliphatic heterocycles. The first-order valence-corrected chi connectivity index (χ1v) is 39.4. The molecule has 0 bridgehead atoms. The van der Waals surface area contributed by atoms with Gasteiger partial charge < -0.3 is 34.1 Å². The van der Waals surface area contributed by atoms with Crippen LogP contribution in [0.3, 0.4) is 0 Å². The second-order valence-electron chi connectivity index (χ2n) is 26.9. The van der Waals surface area contributed by atoms with Gasteiger partial charge in [-0.15, -0.1) is 0 Å². The van der Waals surface area contributed by atoms with E-state index in [4.69, 9.17) is 18.9 Å². The molecule has 11 nitrogen and oxygen atoms in total. The third-order valence-corrected chi connectivity index (χ3v) is 17.8. The molecule has 0 spiro atoms. The number of esters is 4. The van der Waals surface area contributed by atoms with Crippen LogP contribution < -0.4 is 5.32 Å². The van der Waals surface area contributed by atoms with Crippen molar-refractivity contribution in [2.75, 3.05) is 79.8 Å². The van der Waals surface area contributed by atoms with Gasteiger partial charge in [0.05, 0.1) is 45.7 Å². The van der Waals surface area contributed by atoms with Crippen LogP contribution in [0.4, 0.5) is 0 Å². The van der Waals surface area contributed by atoms with Crippen molar-refractivity contribution in [3.63, 3.8) is 0 Å². The maximum Gasteiger partial charge on any atom is 0.307 e. The number of unbranched alkanes of at least 4 members (excludes halogenated alkanes) is 48. The number of carbonyl (C=O) groups is 4. The first-order chi connectivity index (χ1) is 43.7. The minimum absolute atomic E-state index is 0.0488. The van der Waals surface area contributed by atoms with Crippen molar-refractivity contribution in [2.24, 2.45) is 0 Å². The highest BCUT2D eigenvalue weighted by Crippen LogP contribution is 2.17. The molecule has 89 heavy (non-hydrogen) atoms. The monoisotopic (exact) mass is 1260 g/mol. The van der Waals surface area contributed by atoms with Crippen LogP contribution in [0.5, 0.6) is 0 Å². The van der Waals surface area contributed by atoms with E-state index in [1.807, 2.05) is 7.05 Å². The highest BCUT2D eigenvalue weighted by Gasteiger charge is 2.10. The topological polar surface area (TPSA) is 124 Å². The molecule has 0 saturated carbocycles. The van der Waals surface area contributed by atoms with Gasteiger partial charge in [0.1, 0.15) is 0 Å². The molecule has 0 aromatic rings. The number of nitrogens with one attached hydrogen (secondary N) is 1. The maximum absolute atomic E-state index is 12.1. The Bertz CT molecular complexity index is 1420. The number of hydrogen-bond acceptors (Lipinski definition) is 11. The van der Waals surface area contributed by atoms with Crippen molar-refractivity contribution in [1.82, 2.24) is 15.1 Å². The lowest BCUT2D eigenvalue weighted by molar-refractivity contribution is -0.145. The van der Waals surface area contributed by atoms with Gasteiger partial charge in [-0.1, -0.05) is 329 Å². The molecule has 0 aromatic heterocycles. The summed E-state index contributed by atoms with van der Waals surface area (Å²) in [5.41, 5.74) is 0. The van der Waals surface area contributed by atoms with Gasteiger partial charge in [0.25, 0.3) is 0 Å². The number of ether oxygens (including phenoxy) is 4. The molecule has 11 heteroatoms. The van der Waals surface area contributed by atoms with Crippen molar-refractivity contribution >= 4 is 23.9 Å². The summed E-state index contributed by atoms with van der Waals surface area (Å²) >= 11 is 0. The van der Waals surface area contributed by atoms with E-state index in [1.165, 1.54) is 276 Å². The van der Waals surface area contributed by atoms with Crippen LogP contribution >= 0.6 is 0 Å². The van der Waals surface area contributed by atoms with Crippen LogP contribution in [0.2, 0.25) is 0 Å². The average molecular weight is 1260 g/mol. The lowest BCUT2D eigenvalue weighted by Gasteiger charge is -2.16. The van der Waals surface area contributed by atoms with Crippen LogP contribution in [-0.2, 0) is 38.1 Å². The normalized spacial score (nSPS) is 11.4. The van der Waals surface area contributed by atoms with Gasteiger partial charge in [-0.2, -0.15) is 0 Å². The molecule has 530 valence electrons. The van der Waals surface area contributed by atoms with E-state index < -0.39 is 0 Å². The molecule has 0 amide bonds. The zero-order chi connectivity index (χ0) is 65.1. The van der Waals surface area contributed by atoms with Gasteiger partial charge in [0.2, 0.25) is 0 Å². The Morgan fingerprint density at radius 3 is 0.708 bits per heavy atom. The molecule has 0 saturated heterocycles. The first-order valence-electron chi connectivity index (χ1n) is 39.4. The zero-order valence-electron chi connectivity index (χ0n) is 60.7. The fourth-order valence-electron chi connectivity index (χ4n) is 11.6. The lowest BCUT2D eigenvalue weighted by Crippen LogP contribution is -2.27. The van der Waals surface area contributed by atoms with Crippen molar-refractivity contribution in [1.29, 1.82) is 0 Å². The maximum atomic E-state index is 12.1. The second-order valence-corrected chi connectivity index (χ2v) is 26.9. The van der Waals surface area contributed by atoms with Gasteiger partial charge in [-0.05, 0) is 78.7 Å². The summed E-state index contributed by atoms with van der Waals surface area (Å²) in [6, 6.07) is 0. The Morgan fingerprint density at radius 2 is 0.438 bits per heavy atom. The summed E-state index contributed by atoms with van der Waals surface area (Å²) in [7, 11) is 4.11. The van der Waals surface area contributed by atoms with Gasteiger partial charge in [0.15, 0.2) is 0 Å². The molecule has 0 aliphatic carbocycles. The van der Waals surface area contributed by atoms with Gasteiger partial charge in [-0.3, -0.25) is 19.2 Å². The summed E-state index contributed by atoms with van der Waals surface area (Å²) in [5, 5.41) is 3.34. The van der Waals surface area contributed by atoms with Gasteiger partial charge in [-0.25, -0.2) is 0 Å². The van der Waals surface area contributed by atoms with Gasteiger partial charge in [0, 0.05) is 26.1 Å². The molecule has 0 aliphatic rings. The summed E-state index contributed by atoms with van der Waals surface area (Å²) in [5.74, 6) is -0.305. The minimum Gasteiger partial charge on any atom is -0.466 e. The lowest BCUT2D eigenvalue weighted by atomic mass is 10.0. The molecule has 0 aromatic carbocycles. The van der Waals surface area contributed by atoms with Crippen LogP contribution in [0.15, 0.2) is 0 Å². The summed E-state index contributed by atoms with van der Waals surface area (Å²) in [6.45, 7) is 16.2. The molecule has 0 heterocycles. The summed E-state index contributed by atoms with van der Waals surface area (Å²) in [6.07, 6.45) is 71.8. The van der Waals surface area contributed by atoms with E-state index in [-0.39, 0.29) is 23.9 Å². The third kappa shape index (κ3) is 79.9. The molecule has 0 fully saturated rings. The Balaban J connectivity index is 0. The third-order valence-electron chi connectivity index (χ3n) is 17.8. The van der Waals surface area contributed by atoms with E-state index in [0.717, 1.165) is 103 Å². The van der Waals surface area contributed by atoms with E-state index in [9.17, 15) is 19.2 Å². The zero-order valence-corrected chi connectivity index (χ0v) is 60.7. The van der Waals surface area contributed by atoms with E-state index >= 15 is 0 Å². The van der Waals surface area contributed by atoms with Crippen LogP contribution in [0, 0.1) is 0 Å². The number of rotatable bonds is 73.